The highest BCUT2D eigenvalue weighted by Gasteiger charge is 2.24. The number of phenolic OH excluding ortho intramolecular Hbond substituents is 1. The van der Waals surface area contributed by atoms with E-state index < -0.39 is 0 Å². The summed E-state index contributed by atoms with van der Waals surface area (Å²) < 4.78 is 2.01. The number of amides is 1. The summed E-state index contributed by atoms with van der Waals surface area (Å²) in [5, 5.41) is 17.4. The van der Waals surface area contributed by atoms with Gasteiger partial charge in [-0.25, -0.2) is 9.97 Å². The van der Waals surface area contributed by atoms with Gasteiger partial charge in [0.25, 0.3) is 0 Å². The minimum Gasteiger partial charge on any atom is -0.508 e. The molecule has 1 saturated carbocycles. The van der Waals surface area contributed by atoms with Crippen molar-refractivity contribution in [3.05, 3.63) is 60.8 Å². The topological polar surface area (TPSA) is 92.9 Å². The molecule has 1 aliphatic carbocycles. The van der Waals surface area contributed by atoms with Crippen molar-refractivity contribution in [3.8, 4) is 17.0 Å². The molecule has 7 heteroatoms. The number of benzene rings is 1. The second kappa shape index (κ2) is 8.21. The van der Waals surface area contributed by atoms with E-state index in [1.807, 2.05) is 29.2 Å². The van der Waals surface area contributed by atoms with Crippen molar-refractivity contribution >= 4 is 5.91 Å². The molecule has 7 nitrogen and oxygen atoms in total. The molecule has 0 radical (unpaired) electrons. The number of nitrogens with one attached hydrogen (secondary N) is 1. The van der Waals surface area contributed by atoms with Crippen LogP contribution in [0.3, 0.4) is 0 Å². The summed E-state index contributed by atoms with van der Waals surface area (Å²) in [7, 11) is 0. The Morgan fingerprint density at radius 2 is 2.00 bits per heavy atom. The smallest absolute Gasteiger partial charge is 0.224 e. The first-order valence-corrected chi connectivity index (χ1v) is 9.56. The second-order valence-electron chi connectivity index (χ2n) is 7.18. The zero-order valence-corrected chi connectivity index (χ0v) is 15.5. The van der Waals surface area contributed by atoms with Gasteiger partial charge in [-0.2, -0.15) is 5.10 Å². The van der Waals surface area contributed by atoms with Crippen molar-refractivity contribution in [2.75, 3.05) is 0 Å². The molecule has 0 spiro atoms. The van der Waals surface area contributed by atoms with E-state index in [0.717, 1.165) is 36.9 Å². The van der Waals surface area contributed by atoms with Crippen molar-refractivity contribution in [2.24, 2.45) is 0 Å². The number of aromatic hydroxyl groups is 1. The number of phenols is 1. The molecular weight excluding hydrogens is 354 g/mol. The quantitative estimate of drug-likeness (QED) is 0.713. The third-order valence-electron chi connectivity index (χ3n) is 5.26. The summed E-state index contributed by atoms with van der Waals surface area (Å²) in [4.78, 5) is 20.5. The summed E-state index contributed by atoms with van der Waals surface area (Å²) in [6, 6.07) is 9.34. The summed E-state index contributed by atoms with van der Waals surface area (Å²) in [5.74, 6) is 0.120. The van der Waals surface area contributed by atoms with Crippen LogP contribution >= 0.6 is 0 Å². The SMILES string of the molecule is O=C(Cc1ccccc1O)NC1CCC(n2cc(-c3ccncn3)cn2)CC1. The van der Waals surface area contributed by atoms with Crippen molar-refractivity contribution in [1.82, 2.24) is 25.1 Å². The minimum atomic E-state index is -0.0462. The van der Waals surface area contributed by atoms with Crippen molar-refractivity contribution in [3.63, 3.8) is 0 Å². The van der Waals surface area contributed by atoms with Crippen LogP contribution in [0.25, 0.3) is 11.3 Å². The molecule has 1 aliphatic rings. The minimum absolute atomic E-state index is 0.0462. The van der Waals surface area contributed by atoms with E-state index in [-0.39, 0.29) is 24.1 Å². The van der Waals surface area contributed by atoms with E-state index in [4.69, 9.17) is 0 Å². The number of hydrogen-bond acceptors (Lipinski definition) is 5. The third-order valence-corrected chi connectivity index (χ3v) is 5.26. The lowest BCUT2D eigenvalue weighted by atomic mass is 9.91. The largest absolute Gasteiger partial charge is 0.508 e. The van der Waals surface area contributed by atoms with Gasteiger partial charge in [0, 0.05) is 29.6 Å². The molecule has 0 unspecified atom stereocenters. The molecule has 2 aromatic heterocycles. The lowest BCUT2D eigenvalue weighted by Gasteiger charge is -2.29. The Bertz CT molecular complexity index is 933. The van der Waals surface area contributed by atoms with Crippen LogP contribution in [-0.4, -0.2) is 36.8 Å². The lowest BCUT2D eigenvalue weighted by Crippen LogP contribution is -2.38. The van der Waals surface area contributed by atoms with Gasteiger partial charge in [0.15, 0.2) is 0 Å². The van der Waals surface area contributed by atoms with Gasteiger partial charge >= 0.3 is 0 Å². The molecule has 144 valence electrons. The van der Waals surface area contributed by atoms with E-state index in [1.54, 1.807) is 24.4 Å². The van der Waals surface area contributed by atoms with Gasteiger partial charge in [0.1, 0.15) is 12.1 Å². The summed E-state index contributed by atoms with van der Waals surface area (Å²) in [6.07, 6.45) is 11.1. The molecule has 0 bridgehead atoms. The molecule has 2 N–H and O–H groups in total. The summed E-state index contributed by atoms with van der Waals surface area (Å²) in [5.41, 5.74) is 2.51. The van der Waals surface area contributed by atoms with Crippen molar-refractivity contribution < 1.29 is 9.90 Å². The predicted octanol–water partition coefficient (Wildman–Crippen LogP) is 2.89. The Kier molecular flexibility index (Phi) is 5.32. The molecule has 28 heavy (non-hydrogen) atoms. The standard InChI is InChI=1S/C21H23N5O2/c27-20-4-2-1-3-15(20)11-21(28)25-17-5-7-18(8-6-17)26-13-16(12-24-26)19-9-10-22-14-23-19/h1-4,9-10,12-14,17-18,27H,5-8,11H2,(H,25,28). The fraction of sp³-hybridized carbons (Fsp3) is 0.333. The highest BCUT2D eigenvalue weighted by atomic mass is 16.3. The molecule has 3 aromatic rings. The highest BCUT2D eigenvalue weighted by molar-refractivity contribution is 5.79. The first-order valence-electron chi connectivity index (χ1n) is 9.56. The Balaban J connectivity index is 1.30. The number of carbonyl (C=O) groups is 1. The molecule has 0 atom stereocenters. The van der Waals surface area contributed by atoms with Crippen LogP contribution in [0, 0.1) is 0 Å². The normalized spacial score (nSPS) is 19.3. The van der Waals surface area contributed by atoms with Crippen molar-refractivity contribution in [2.45, 2.75) is 44.2 Å². The van der Waals surface area contributed by atoms with Crippen molar-refractivity contribution in [1.29, 1.82) is 0 Å². The zero-order valence-electron chi connectivity index (χ0n) is 15.5. The van der Waals surface area contributed by atoms with Crippen LogP contribution in [0.15, 0.2) is 55.2 Å². The molecule has 0 saturated heterocycles. The first kappa shape index (κ1) is 18.2. The number of rotatable bonds is 5. The molecule has 0 aliphatic heterocycles. The maximum absolute atomic E-state index is 12.3. The number of hydrogen-bond donors (Lipinski definition) is 2. The Morgan fingerprint density at radius 3 is 2.75 bits per heavy atom. The first-order chi connectivity index (χ1) is 13.7. The average molecular weight is 377 g/mol. The van der Waals surface area contributed by atoms with Gasteiger partial charge < -0.3 is 10.4 Å². The van der Waals surface area contributed by atoms with Gasteiger partial charge in [-0.15, -0.1) is 0 Å². The van der Waals surface area contributed by atoms with E-state index in [2.05, 4.69) is 20.4 Å². The lowest BCUT2D eigenvalue weighted by molar-refractivity contribution is -0.121. The van der Waals surface area contributed by atoms with Crippen LogP contribution in [0.4, 0.5) is 0 Å². The van der Waals surface area contributed by atoms with E-state index >= 15 is 0 Å². The van der Waals surface area contributed by atoms with Gasteiger partial charge in [-0.05, 0) is 37.8 Å². The van der Waals surface area contributed by atoms with Gasteiger partial charge in [-0.1, -0.05) is 18.2 Å². The molecular formula is C21H23N5O2. The third kappa shape index (κ3) is 4.19. The molecule has 4 rings (SSSR count). The van der Waals surface area contributed by atoms with Gasteiger partial charge in [0.05, 0.1) is 24.4 Å². The van der Waals surface area contributed by atoms with Crippen LogP contribution in [0.2, 0.25) is 0 Å². The van der Waals surface area contributed by atoms with Crippen LogP contribution in [0.1, 0.15) is 37.3 Å². The summed E-state index contributed by atoms with van der Waals surface area (Å²) >= 11 is 0. The Morgan fingerprint density at radius 1 is 1.18 bits per heavy atom. The number of para-hydroxylation sites is 1. The second-order valence-corrected chi connectivity index (χ2v) is 7.18. The van der Waals surface area contributed by atoms with Crippen LogP contribution in [0.5, 0.6) is 5.75 Å². The molecule has 1 amide bonds. The molecule has 2 heterocycles. The maximum Gasteiger partial charge on any atom is 0.224 e. The summed E-state index contributed by atoms with van der Waals surface area (Å²) in [6.45, 7) is 0. The van der Waals surface area contributed by atoms with Crippen LogP contribution in [-0.2, 0) is 11.2 Å². The number of aromatic nitrogens is 4. The number of carbonyl (C=O) groups excluding carboxylic acids is 1. The van der Waals surface area contributed by atoms with Crippen LogP contribution < -0.4 is 5.32 Å². The average Bonchev–Trinajstić information content (AvgIpc) is 3.21. The fourth-order valence-electron chi connectivity index (χ4n) is 3.73. The fourth-order valence-corrected chi connectivity index (χ4v) is 3.73. The zero-order chi connectivity index (χ0) is 19.3. The Labute approximate surface area is 163 Å². The highest BCUT2D eigenvalue weighted by Crippen LogP contribution is 2.29. The monoisotopic (exact) mass is 377 g/mol. The predicted molar refractivity (Wildman–Crippen MR) is 104 cm³/mol. The van der Waals surface area contributed by atoms with Gasteiger partial charge in [-0.3, -0.25) is 9.48 Å². The van der Waals surface area contributed by atoms with E-state index in [9.17, 15) is 9.90 Å². The van der Waals surface area contributed by atoms with Gasteiger partial charge in [0.2, 0.25) is 5.91 Å². The molecule has 1 aromatic carbocycles. The molecule has 1 fully saturated rings. The number of nitrogens with zero attached hydrogens (tertiary/aromatic N) is 4. The van der Waals surface area contributed by atoms with E-state index in [0.29, 0.717) is 11.6 Å². The van der Waals surface area contributed by atoms with E-state index in [1.165, 1.54) is 6.33 Å². The maximum atomic E-state index is 12.3. The Hall–Kier alpha value is -3.22.